The number of hydrogen-bond donors (Lipinski definition) is 1. The Labute approximate surface area is 124 Å². The number of aryl methyl sites for hydroxylation is 1. The van der Waals surface area contributed by atoms with Crippen LogP contribution in [0.25, 0.3) is 0 Å². The number of phenols is 1. The molecule has 0 aliphatic rings. The molecule has 5 nitrogen and oxygen atoms in total. The average Bonchev–Trinajstić information content (AvgIpc) is 2.42. The third kappa shape index (κ3) is 3.35. The molecule has 21 heavy (non-hydrogen) atoms. The number of aromatic hydroxyl groups is 1. The van der Waals surface area contributed by atoms with E-state index in [1.54, 1.807) is 19.1 Å². The van der Waals surface area contributed by atoms with Crippen LogP contribution < -0.4 is 0 Å². The van der Waals surface area contributed by atoms with E-state index in [0.717, 1.165) is 6.07 Å². The van der Waals surface area contributed by atoms with E-state index in [4.69, 9.17) is 11.6 Å². The molecule has 2 aromatic carbocycles. The van der Waals surface area contributed by atoms with E-state index in [1.165, 1.54) is 18.3 Å². The van der Waals surface area contributed by atoms with Crippen molar-refractivity contribution in [3.05, 3.63) is 62.4 Å². The summed E-state index contributed by atoms with van der Waals surface area (Å²) in [5, 5.41) is 20.7. The van der Waals surface area contributed by atoms with Crippen molar-refractivity contribution in [3.63, 3.8) is 0 Å². The van der Waals surface area contributed by atoms with E-state index in [9.17, 15) is 19.6 Å². The second-order valence-electron chi connectivity index (χ2n) is 4.31. The minimum absolute atomic E-state index is 0.0789. The number of nitro groups is 1. The highest BCUT2D eigenvalue weighted by molar-refractivity contribution is 6.31. The maximum atomic E-state index is 13.4. The molecular weight excluding hydrogens is 299 g/mol. The largest absolute Gasteiger partial charge is 0.502 e. The first-order chi connectivity index (χ1) is 9.88. The van der Waals surface area contributed by atoms with Crippen LogP contribution in [0.15, 0.2) is 35.3 Å². The molecule has 2 rings (SSSR count). The summed E-state index contributed by atoms with van der Waals surface area (Å²) in [5.41, 5.74) is 0.365. The minimum atomic E-state index is -0.746. The molecule has 0 aliphatic heterocycles. The van der Waals surface area contributed by atoms with E-state index >= 15 is 0 Å². The predicted octanol–water partition coefficient (Wildman–Crippen LogP) is 4.15. The summed E-state index contributed by atoms with van der Waals surface area (Å²) in [6.07, 6.45) is 1.19. The fourth-order valence-electron chi connectivity index (χ4n) is 1.65. The van der Waals surface area contributed by atoms with Gasteiger partial charge in [-0.25, -0.2) is 4.39 Å². The third-order valence-corrected chi connectivity index (χ3v) is 3.01. The molecule has 0 radical (unpaired) electrons. The summed E-state index contributed by atoms with van der Waals surface area (Å²) in [6, 6.07) is 6.74. The zero-order valence-corrected chi connectivity index (χ0v) is 11.6. The molecule has 0 unspecified atom stereocenters. The molecule has 0 atom stereocenters. The lowest BCUT2D eigenvalue weighted by Crippen LogP contribution is -1.92. The van der Waals surface area contributed by atoms with Crippen molar-refractivity contribution in [1.82, 2.24) is 0 Å². The van der Waals surface area contributed by atoms with Crippen molar-refractivity contribution in [3.8, 4) is 5.75 Å². The Morgan fingerprint density at radius 2 is 2.10 bits per heavy atom. The van der Waals surface area contributed by atoms with Gasteiger partial charge in [-0.15, -0.1) is 0 Å². The second kappa shape index (κ2) is 5.88. The first kappa shape index (κ1) is 14.9. The standard InChI is InChI=1S/C14H10ClFN2O3/c1-8-2-3-11(6-12(8)16)17-7-9-4-10(15)5-13(14(9)19)18(20)21/h2-7,19H,1H3. The summed E-state index contributed by atoms with van der Waals surface area (Å²) < 4.78 is 13.4. The molecule has 0 saturated carbocycles. The molecular formula is C14H10ClFN2O3. The van der Waals surface area contributed by atoms with Crippen molar-refractivity contribution < 1.29 is 14.4 Å². The van der Waals surface area contributed by atoms with Gasteiger partial charge < -0.3 is 5.11 Å². The number of hydrogen-bond acceptors (Lipinski definition) is 4. The lowest BCUT2D eigenvalue weighted by Gasteiger charge is -2.02. The highest BCUT2D eigenvalue weighted by atomic mass is 35.5. The van der Waals surface area contributed by atoms with E-state index in [-0.39, 0.29) is 10.6 Å². The highest BCUT2D eigenvalue weighted by Crippen LogP contribution is 2.32. The number of nitro benzene ring substituents is 1. The van der Waals surface area contributed by atoms with Crippen molar-refractivity contribution >= 4 is 29.2 Å². The summed E-state index contributed by atoms with van der Waals surface area (Å²) in [6.45, 7) is 1.62. The van der Waals surface area contributed by atoms with Crippen LogP contribution in [0.1, 0.15) is 11.1 Å². The number of rotatable bonds is 3. The Morgan fingerprint density at radius 3 is 2.71 bits per heavy atom. The Morgan fingerprint density at radius 1 is 1.38 bits per heavy atom. The van der Waals surface area contributed by atoms with Gasteiger partial charge in [-0.2, -0.15) is 0 Å². The third-order valence-electron chi connectivity index (χ3n) is 2.79. The SMILES string of the molecule is Cc1ccc(N=Cc2cc(Cl)cc([N+](=O)[O-])c2O)cc1F. The molecule has 0 heterocycles. The molecule has 108 valence electrons. The monoisotopic (exact) mass is 308 g/mol. The smallest absolute Gasteiger partial charge is 0.312 e. The normalized spacial score (nSPS) is 11.0. The van der Waals surface area contributed by atoms with Crippen molar-refractivity contribution in [2.24, 2.45) is 4.99 Å². The van der Waals surface area contributed by atoms with Gasteiger partial charge in [0.05, 0.1) is 10.6 Å². The predicted molar refractivity (Wildman–Crippen MR) is 78.2 cm³/mol. The Balaban J connectivity index is 2.41. The van der Waals surface area contributed by atoms with Crippen LogP contribution in [0.5, 0.6) is 5.75 Å². The zero-order valence-electron chi connectivity index (χ0n) is 10.9. The Hall–Kier alpha value is -2.47. The van der Waals surface area contributed by atoms with Crippen molar-refractivity contribution in [1.29, 1.82) is 0 Å². The maximum absolute atomic E-state index is 13.4. The first-order valence-corrected chi connectivity index (χ1v) is 6.23. The minimum Gasteiger partial charge on any atom is -0.502 e. The lowest BCUT2D eigenvalue weighted by atomic mass is 10.2. The van der Waals surface area contributed by atoms with E-state index in [1.807, 2.05) is 0 Å². The van der Waals surface area contributed by atoms with Crippen LogP contribution in [0, 0.1) is 22.9 Å². The molecule has 1 N–H and O–H groups in total. The van der Waals surface area contributed by atoms with Crippen LogP contribution in [-0.2, 0) is 0 Å². The molecule has 7 heteroatoms. The van der Waals surface area contributed by atoms with Crippen LogP contribution in [0.2, 0.25) is 5.02 Å². The second-order valence-corrected chi connectivity index (χ2v) is 4.75. The molecule has 0 saturated heterocycles. The van der Waals surface area contributed by atoms with Gasteiger partial charge >= 0.3 is 5.69 Å². The van der Waals surface area contributed by atoms with Crippen LogP contribution in [0.3, 0.4) is 0 Å². The summed E-state index contributed by atoms with van der Waals surface area (Å²) >= 11 is 5.76. The number of benzene rings is 2. The number of nitrogens with zero attached hydrogens (tertiary/aromatic N) is 2. The number of aliphatic imine (C=N–C) groups is 1. The van der Waals surface area contributed by atoms with Crippen LogP contribution in [0.4, 0.5) is 15.8 Å². The summed E-state index contributed by atoms with van der Waals surface area (Å²) in [7, 11) is 0. The van der Waals surface area contributed by atoms with Gasteiger partial charge in [-0.1, -0.05) is 17.7 Å². The molecule has 0 amide bonds. The van der Waals surface area contributed by atoms with E-state index < -0.39 is 22.2 Å². The molecule has 0 aromatic heterocycles. The molecule has 0 spiro atoms. The van der Waals surface area contributed by atoms with Gasteiger partial charge in [0, 0.05) is 22.9 Å². The Kier molecular flexibility index (Phi) is 4.18. The fraction of sp³-hybridized carbons (Fsp3) is 0.0714. The van der Waals surface area contributed by atoms with Crippen LogP contribution >= 0.6 is 11.6 Å². The number of halogens is 2. The topological polar surface area (TPSA) is 75.7 Å². The lowest BCUT2D eigenvalue weighted by molar-refractivity contribution is -0.385. The molecule has 2 aromatic rings. The van der Waals surface area contributed by atoms with E-state index in [2.05, 4.69) is 4.99 Å². The Bertz CT molecular complexity index is 747. The quantitative estimate of drug-likeness (QED) is 0.525. The van der Waals surface area contributed by atoms with Gasteiger partial charge in [-0.05, 0) is 30.7 Å². The summed E-state index contributed by atoms with van der Waals surface area (Å²) in [4.78, 5) is 14.0. The summed E-state index contributed by atoms with van der Waals surface area (Å²) in [5.74, 6) is -0.952. The van der Waals surface area contributed by atoms with E-state index in [0.29, 0.717) is 11.3 Å². The van der Waals surface area contributed by atoms with Gasteiger partial charge in [0.2, 0.25) is 5.75 Å². The average molecular weight is 309 g/mol. The van der Waals surface area contributed by atoms with Gasteiger partial charge in [0.1, 0.15) is 5.82 Å². The highest BCUT2D eigenvalue weighted by Gasteiger charge is 2.17. The van der Waals surface area contributed by atoms with Crippen molar-refractivity contribution in [2.75, 3.05) is 0 Å². The molecule has 0 bridgehead atoms. The molecule has 0 fully saturated rings. The number of phenolic OH excluding ortho intramolecular Hbond substituents is 1. The van der Waals surface area contributed by atoms with Crippen LogP contribution in [-0.4, -0.2) is 16.2 Å². The fourth-order valence-corrected chi connectivity index (χ4v) is 1.87. The van der Waals surface area contributed by atoms with Gasteiger partial charge in [0.15, 0.2) is 0 Å². The van der Waals surface area contributed by atoms with Gasteiger partial charge in [-0.3, -0.25) is 15.1 Å². The first-order valence-electron chi connectivity index (χ1n) is 5.85. The van der Waals surface area contributed by atoms with Crippen molar-refractivity contribution in [2.45, 2.75) is 6.92 Å². The molecule has 0 aliphatic carbocycles. The zero-order chi connectivity index (χ0) is 15.6. The maximum Gasteiger partial charge on any atom is 0.312 e. The van der Waals surface area contributed by atoms with Gasteiger partial charge in [0.25, 0.3) is 0 Å².